The van der Waals surface area contributed by atoms with Gasteiger partial charge in [0.2, 0.25) is 0 Å². The van der Waals surface area contributed by atoms with Crippen molar-refractivity contribution in [1.82, 2.24) is 5.32 Å². The molecular weight excluding hydrogens is 297 g/mol. The van der Waals surface area contributed by atoms with Crippen LogP contribution in [0.2, 0.25) is 0 Å². The Morgan fingerprint density at radius 3 is 2.72 bits per heavy atom. The van der Waals surface area contributed by atoms with E-state index >= 15 is 0 Å². The predicted octanol–water partition coefficient (Wildman–Crippen LogP) is 3.65. The molecule has 0 saturated carbocycles. The van der Waals surface area contributed by atoms with E-state index < -0.39 is 0 Å². The second-order valence-electron chi connectivity index (χ2n) is 4.59. The molecule has 4 heteroatoms. The van der Waals surface area contributed by atoms with E-state index in [9.17, 15) is 4.39 Å². The van der Waals surface area contributed by atoms with Crippen molar-refractivity contribution in [2.24, 2.45) is 5.92 Å². The van der Waals surface area contributed by atoms with Crippen LogP contribution in [0.25, 0.3) is 0 Å². The van der Waals surface area contributed by atoms with Crippen LogP contribution in [-0.4, -0.2) is 18.3 Å². The molecule has 0 heterocycles. The van der Waals surface area contributed by atoms with Gasteiger partial charge in [0.1, 0.15) is 5.82 Å². The molecular formula is C14H21BrFNO. The SMILES string of the molecule is CCC(CCO)CNC(C)c1ccc(F)c(Br)c1. The summed E-state index contributed by atoms with van der Waals surface area (Å²) in [6, 6.07) is 5.25. The van der Waals surface area contributed by atoms with Gasteiger partial charge >= 0.3 is 0 Å². The van der Waals surface area contributed by atoms with Crippen LogP contribution >= 0.6 is 15.9 Å². The van der Waals surface area contributed by atoms with E-state index in [1.165, 1.54) is 6.07 Å². The fraction of sp³-hybridized carbons (Fsp3) is 0.571. The lowest BCUT2D eigenvalue weighted by Crippen LogP contribution is -2.26. The number of halogens is 2. The summed E-state index contributed by atoms with van der Waals surface area (Å²) in [6.07, 6.45) is 1.87. The lowest BCUT2D eigenvalue weighted by Gasteiger charge is -2.19. The molecule has 0 aliphatic rings. The minimum Gasteiger partial charge on any atom is -0.396 e. The summed E-state index contributed by atoms with van der Waals surface area (Å²) in [5, 5.41) is 12.4. The van der Waals surface area contributed by atoms with Gasteiger partial charge in [-0.05, 0) is 59.4 Å². The smallest absolute Gasteiger partial charge is 0.137 e. The number of hydrogen-bond acceptors (Lipinski definition) is 2. The van der Waals surface area contributed by atoms with E-state index in [-0.39, 0.29) is 18.5 Å². The molecule has 1 rings (SSSR count). The number of aliphatic hydroxyl groups excluding tert-OH is 1. The van der Waals surface area contributed by atoms with Gasteiger partial charge in [0.15, 0.2) is 0 Å². The molecule has 0 radical (unpaired) electrons. The Morgan fingerprint density at radius 2 is 2.17 bits per heavy atom. The van der Waals surface area contributed by atoms with Gasteiger partial charge in [-0.2, -0.15) is 0 Å². The molecule has 2 atom stereocenters. The summed E-state index contributed by atoms with van der Waals surface area (Å²) >= 11 is 3.20. The van der Waals surface area contributed by atoms with Gasteiger partial charge in [-0.3, -0.25) is 0 Å². The first-order valence-corrected chi connectivity index (χ1v) is 7.17. The van der Waals surface area contributed by atoms with Gasteiger partial charge in [-0.15, -0.1) is 0 Å². The van der Waals surface area contributed by atoms with Crippen molar-refractivity contribution in [3.8, 4) is 0 Å². The van der Waals surface area contributed by atoms with Gasteiger partial charge in [0, 0.05) is 12.6 Å². The third kappa shape index (κ3) is 4.67. The summed E-state index contributed by atoms with van der Waals surface area (Å²) in [6.45, 7) is 5.29. The van der Waals surface area contributed by atoms with Gasteiger partial charge in [-0.1, -0.05) is 19.4 Å². The van der Waals surface area contributed by atoms with E-state index in [2.05, 4.69) is 35.1 Å². The minimum absolute atomic E-state index is 0.176. The molecule has 1 aromatic rings. The lowest BCUT2D eigenvalue weighted by atomic mass is 10.0. The summed E-state index contributed by atoms with van der Waals surface area (Å²) in [7, 11) is 0. The molecule has 0 aromatic heterocycles. The molecule has 18 heavy (non-hydrogen) atoms. The monoisotopic (exact) mass is 317 g/mol. The van der Waals surface area contributed by atoms with Crippen LogP contribution < -0.4 is 5.32 Å². The van der Waals surface area contributed by atoms with Crippen molar-refractivity contribution in [3.63, 3.8) is 0 Å². The molecule has 2 unspecified atom stereocenters. The number of hydrogen-bond donors (Lipinski definition) is 2. The van der Waals surface area contributed by atoms with E-state index in [4.69, 9.17) is 5.11 Å². The predicted molar refractivity (Wildman–Crippen MR) is 76.0 cm³/mol. The zero-order valence-electron chi connectivity index (χ0n) is 10.9. The highest BCUT2D eigenvalue weighted by Gasteiger charge is 2.10. The van der Waals surface area contributed by atoms with E-state index in [1.54, 1.807) is 12.1 Å². The van der Waals surface area contributed by atoms with Crippen molar-refractivity contribution < 1.29 is 9.50 Å². The Bertz CT molecular complexity index is 373. The Kier molecular flexibility index (Phi) is 6.82. The highest BCUT2D eigenvalue weighted by Crippen LogP contribution is 2.21. The highest BCUT2D eigenvalue weighted by atomic mass is 79.9. The van der Waals surface area contributed by atoms with Crippen molar-refractivity contribution in [2.45, 2.75) is 32.7 Å². The fourth-order valence-corrected chi connectivity index (χ4v) is 2.27. The first-order chi connectivity index (χ1) is 8.58. The zero-order valence-corrected chi connectivity index (χ0v) is 12.5. The molecule has 1 aromatic carbocycles. The maximum Gasteiger partial charge on any atom is 0.137 e. The summed E-state index contributed by atoms with van der Waals surface area (Å²) in [5.74, 6) is 0.249. The standard InChI is InChI=1S/C14H21BrFNO/c1-3-11(6-7-18)9-17-10(2)12-4-5-14(16)13(15)8-12/h4-5,8,10-11,17-18H,3,6-7,9H2,1-2H3. The van der Waals surface area contributed by atoms with Crippen molar-refractivity contribution in [2.75, 3.05) is 13.2 Å². The Balaban J connectivity index is 2.53. The van der Waals surface area contributed by atoms with Crippen molar-refractivity contribution in [1.29, 1.82) is 0 Å². The zero-order chi connectivity index (χ0) is 13.5. The Labute approximate surface area is 117 Å². The maximum absolute atomic E-state index is 13.1. The van der Waals surface area contributed by atoms with Crippen LogP contribution in [0.1, 0.15) is 38.3 Å². The molecule has 0 aliphatic carbocycles. The molecule has 0 saturated heterocycles. The van der Waals surface area contributed by atoms with E-state index in [0.717, 1.165) is 24.9 Å². The van der Waals surface area contributed by atoms with E-state index in [1.807, 2.05) is 0 Å². The number of benzene rings is 1. The average Bonchev–Trinajstić information content (AvgIpc) is 2.37. The largest absolute Gasteiger partial charge is 0.396 e. The van der Waals surface area contributed by atoms with Gasteiger partial charge < -0.3 is 10.4 Å². The third-order valence-corrected chi connectivity index (χ3v) is 3.88. The Hall–Kier alpha value is -0.450. The minimum atomic E-state index is -0.238. The van der Waals surface area contributed by atoms with Crippen molar-refractivity contribution >= 4 is 15.9 Å². The second-order valence-corrected chi connectivity index (χ2v) is 5.44. The van der Waals surface area contributed by atoms with Crippen molar-refractivity contribution in [3.05, 3.63) is 34.1 Å². The van der Waals surface area contributed by atoms with E-state index in [0.29, 0.717) is 10.4 Å². The molecule has 0 bridgehead atoms. The number of nitrogens with one attached hydrogen (secondary N) is 1. The summed E-state index contributed by atoms with van der Waals surface area (Å²) in [5.41, 5.74) is 1.06. The molecule has 0 spiro atoms. The highest BCUT2D eigenvalue weighted by molar-refractivity contribution is 9.10. The summed E-state index contributed by atoms with van der Waals surface area (Å²) in [4.78, 5) is 0. The van der Waals surface area contributed by atoms with Gasteiger partial charge in [-0.25, -0.2) is 4.39 Å². The first-order valence-electron chi connectivity index (χ1n) is 6.37. The lowest BCUT2D eigenvalue weighted by molar-refractivity contribution is 0.249. The third-order valence-electron chi connectivity index (χ3n) is 3.27. The molecule has 2 N–H and O–H groups in total. The molecule has 0 amide bonds. The van der Waals surface area contributed by atoms with Crippen LogP contribution in [-0.2, 0) is 0 Å². The Morgan fingerprint density at radius 1 is 1.44 bits per heavy atom. The number of aliphatic hydroxyl groups is 1. The van der Waals surface area contributed by atoms with Crippen LogP contribution in [0, 0.1) is 11.7 Å². The quantitative estimate of drug-likeness (QED) is 0.804. The molecule has 0 aliphatic heterocycles. The molecule has 102 valence electrons. The van der Waals surface area contributed by atoms with Crippen LogP contribution in [0.4, 0.5) is 4.39 Å². The van der Waals surface area contributed by atoms with Gasteiger partial charge in [0.05, 0.1) is 4.47 Å². The van der Waals surface area contributed by atoms with Gasteiger partial charge in [0.25, 0.3) is 0 Å². The average molecular weight is 318 g/mol. The molecule has 2 nitrogen and oxygen atoms in total. The second kappa shape index (κ2) is 7.87. The van der Waals surface area contributed by atoms with Crippen LogP contribution in [0.3, 0.4) is 0 Å². The van der Waals surface area contributed by atoms with Crippen LogP contribution in [0.15, 0.2) is 22.7 Å². The summed E-state index contributed by atoms with van der Waals surface area (Å²) < 4.78 is 13.6. The number of rotatable bonds is 7. The normalized spacial score (nSPS) is 14.5. The first kappa shape index (κ1) is 15.6. The maximum atomic E-state index is 13.1. The fourth-order valence-electron chi connectivity index (χ4n) is 1.88. The molecule has 0 fully saturated rings. The topological polar surface area (TPSA) is 32.3 Å². The van der Waals surface area contributed by atoms with Crippen LogP contribution in [0.5, 0.6) is 0 Å².